The third kappa shape index (κ3) is 4.55. The molecule has 0 radical (unpaired) electrons. The lowest BCUT2D eigenvalue weighted by atomic mass is 10.2. The molecule has 0 saturated carbocycles. The van der Waals surface area contributed by atoms with Crippen LogP contribution in [0.2, 0.25) is 0 Å². The topological polar surface area (TPSA) is 81.2 Å². The van der Waals surface area contributed by atoms with E-state index in [1.807, 2.05) is 6.92 Å². The Morgan fingerprint density at radius 3 is 2.16 bits per heavy atom. The molecule has 2 aromatic carbocycles. The number of aromatic nitrogens is 2. The molecule has 1 heterocycles. The van der Waals surface area contributed by atoms with Crippen LogP contribution in [0.4, 0.5) is 5.69 Å². The van der Waals surface area contributed by atoms with Crippen molar-refractivity contribution in [1.82, 2.24) is 9.97 Å². The Morgan fingerprint density at radius 2 is 1.56 bits per heavy atom. The fourth-order valence-corrected chi connectivity index (χ4v) is 3.24. The third-order valence-corrected chi connectivity index (χ3v) is 5.05. The monoisotopic (exact) mass is 419 g/mol. The van der Waals surface area contributed by atoms with E-state index in [1.54, 1.807) is 60.9 Å². The fourth-order valence-electron chi connectivity index (χ4n) is 1.98. The molecule has 0 aliphatic carbocycles. The fraction of sp³-hybridized carbons (Fsp3) is 0.0588. The van der Waals surface area contributed by atoms with Gasteiger partial charge in [-0.2, -0.15) is 0 Å². The van der Waals surface area contributed by atoms with Crippen molar-refractivity contribution in [2.45, 2.75) is 11.8 Å². The predicted octanol–water partition coefficient (Wildman–Crippen LogP) is 4.14. The van der Waals surface area contributed by atoms with Gasteiger partial charge in [0.2, 0.25) is 0 Å². The number of benzene rings is 2. The van der Waals surface area contributed by atoms with Gasteiger partial charge in [-0.3, -0.25) is 4.72 Å². The Morgan fingerprint density at radius 1 is 0.960 bits per heavy atom. The van der Waals surface area contributed by atoms with Crippen molar-refractivity contribution in [3.63, 3.8) is 0 Å². The summed E-state index contributed by atoms with van der Waals surface area (Å²) < 4.78 is 33.5. The molecule has 3 rings (SSSR count). The van der Waals surface area contributed by atoms with Gasteiger partial charge in [-0.15, -0.1) is 0 Å². The molecule has 0 spiro atoms. The summed E-state index contributed by atoms with van der Waals surface area (Å²) in [6, 6.07) is 13.3. The molecule has 0 fully saturated rings. The van der Waals surface area contributed by atoms with Gasteiger partial charge in [0, 0.05) is 18.1 Å². The largest absolute Gasteiger partial charge is 0.424 e. The first-order chi connectivity index (χ1) is 11.9. The highest BCUT2D eigenvalue weighted by Gasteiger charge is 2.13. The number of aryl methyl sites for hydroxylation is 1. The van der Waals surface area contributed by atoms with Gasteiger partial charge >= 0.3 is 6.01 Å². The van der Waals surface area contributed by atoms with Crippen LogP contribution >= 0.6 is 15.9 Å². The molecular formula is C17H14BrN3O3S. The van der Waals surface area contributed by atoms with Gasteiger partial charge in [-0.05, 0) is 59.3 Å². The Kier molecular flexibility index (Phi) is 5.00. The molecule has 25 heavy (non-hydrogen) atoms. The molecule has 8 heteroatoms. The highest BCUT2D eigenvalue weighted by atomic mass is 79.9. The van der Waals surface area contributed by atoms with Gasteiger partial charge < -0.3 is 4.74 Å². The molecule has 6 nitrogen and oxygen atoms in total. The van der Waals surface area contributed by atoms with Gasteiger partial charge in [0.05, 0.1) is 9.37 Å². The second-order valence-corrected chi connectivity index (χ2v) is 7.83. The molecule has 0 aliphatic rings. The minimum absolute atomic E-state index is 0.205. The van der Waals surface area contributed by atoms with Crippen molar-refractivity contribution >= 4 is 31.6 Å². The molecule has 0 aliphatic heterocycles. The van der Waals surface area contributed by atoms with Crippen molar-refractivity contribution in [2.75, 3.05) is 4.72 Å². The van der Waals surface area contributed by atoms with Crippen molar-refractivity contribution in [1.29, 1.82) is 0 Å². The zero-order valence-corrected chi connectivity index (χ0v) is 15.6. The standard InChI is InChI=1S/C17H14BrN3O3S/c1-12-2-8-16(9-3-12)25(22,23)21-14-4-6-15(7-5-14)24-17-19-10-13(18)11-20-17/h2-11,21H,1H3. The number of ether oxygens (including phenoxy) is 1. The summed E-state index contributed by atoms with van der Waals surface area (Å²) in [4.78, 5) is 8.23. The highest BCUT2D eigenvalue weighted by molar-refractivity contribution is 9.10. The average molecular weight is 420 g/mol. The first kappa shape index (κ1) is 17.4. The first-order valence-electron chi connectivity index (χ1n) is 7.27. The molecule has 3 aromatic rings. The molecule has 0 bridgehead atoms. The van der Waals surface area contributed by atoms with Crippen molar-refractivity contribution in [2.24, 2.45) is 0 Å². The van der Waals surface area contributed by atoms with Crippen LogP contribution in [0.1, 0.15) is 5.56 Å². The van der Waals surface area contributed by atoms with E-state index in [-0.39, 0.29) is 10.9 Å². The molecule has 1 N–H and O–H groups in total. The molecule has 128 valence electrons. The van der Waals surface area contributed by atoms with E-state index in [2.05, 4.69) is 30.6 Å². The first-order valence-corrected chi connectivity index (χ1v) is 9.55. The van der Waals surface area contributed by atoms with Crippen LogP contribution in [-0.4, -0.2) is 18.4 Å². The van der Waals surface area contributed by atoms with Gasteiger partial charge in [0.1, 0.15) is 5.75 Å². The van der Waals surface area contributed by atoms with E-state index in [1.165, 1.54) is 0 Å². The smallest absolute Gasteiger partial charge is 0.321 e. The minimum atomic E-state index is -3.63. The lowest BCUT2D eigenvalue weighted by molar-refractivity contribution is 0.441. The summed E-state index contributed by atoms with van der Waals surface area (Å²) in [5, 5.41) is 0. The van der Waals surface area contributed by atoms with E-state index in [9.17, 15) is 8.42 Å². The second kappa shape index (κ2) is 7.20. The average Bonchev–Trinajstić information content (AvgIpc) is 2.59. The van der Waals surface area contributed by atoms with E-state index in [0.717, 1.165) is 10.0 Å². The van der Waals surface area contributed by atoms with Crippen LogP contribution in [0.25, 0.3) is 0 Å². The number of nitrogens with zero attached hydrogens (tertiary/aromatic N) is 2. The van der Waals surface area contributed by atoms with Gasteiger partial charge in [0.15, 0.2) is 0 Å². The number of sulfonamides is 1. The maximum absolute atomic E-state index is 12.4. The zero-order valence-electron chi connectivity index (χ0n) is 13.2. The summed E-state index contributed by atoms with van der Waals surface area (Å²) in [5.41, 5.74) is 1.43. The number of halogens is 1. The van der Waals surface area contributed by atoms with E-state index in [4.69, 9.17) is 4.74 Å². The lowest BCUT2D eigenvalue weighted by Gasteiger charge is -2.09. The Labute approximate surface area is 154 Å². The van der Waals surface area contributed by atoms with E-state index < -0.39 is 10.0 Å². The van der Waals surface area contributed by atoms with Crippen molar-refractivity contribution in [3.05, 3.63) is 71.0 Å². The SMILES string of the molecule is Cc1ccc(S(=O)(=O)Nc2ccc(Oc3ncc(Br)cn3)cc2)cc1. The van der Waals surface area contributed by atoms with Crippen LogP contribution in [0.5, 0.6) is 11.8 Å². The molecule has 1 aromatic heterocycles. The van der Waals surface area contributed by atoms with Gasteiger partial charge in [-0.25, -0.2) is 18.4 Å². The quantitative estimate of drug-likeness (QED) is 0.671. The Balaban J connectivity index is 1.71. The van der Waals surface area contributed by atoms with E-state index in [0.29, 0.717) is 11.4 Å². The summed E-state index contributed by atoms with van der Waals surface area (Å²) in [6.45, 7) is 1.90. The summed E-state index contributed by atoms with van der Waals surface area (Å²) in [6.07, 6.45) is 3.15. The molecular weight excluding hydrogens is 406 g/mol. The van der Waals surface area contributed by atoms with Crippen LogP contribution < -0.4 is 9.46 Å². The molecule has 0 unspecified atom stereocenters. The number of rotatable bonds is 5. The van der Waals surface area contributed by atoms with Gasteiger partial charge in [-0.1, -0.05) is 17.7 Å². The summed E-state index contributed by atoms with van der Waals surface area (Å²) >= 11 is 3.25. The van der Waals surface area contributed by atoms with Crippen molar-refractivity contribution < 1.29 is 13.2 Å². The second-order valence-electron chi connectivity index (χ2n) is 5.23. The molecule has 0 atom stereocenters. The molecule has 0 amide bonds. The normalized spacial score (nSPS) is 11.1. The van der Waals surface area contributed by atoms with Crippen LogP contribution in [0.15, 0.2) is 70.3 Å². The van der Waals surface area contributed by atoms with Crippen molar-refractivity contribution in [3.8, 4) is 11.8 Å². The zero-order chi connectivity index (χ0) is 17.9. The number of hydrogen-bond donors (Lipinski definition) is 1. The molecule has 0 saturated heterocycles. The lowest BCUT2D eigenvalue weighted by Crippen LogP contribution is -2.12. The number of nitrogens with one attached hydrogen (secondary N) is 1. The summed E-state index contributed by atoms with van der Waals surface area (Å²) in [5.74, 6) is 0.501. The highest BCUT2D eigenvalue weighted by Crippen LogP contribution is 2.22. The van der Waals surface area contributed by atoms with Gasteiger partial charge in [0.25, 0.3) is 10.0 Å². The van der Waals surface area contributed by atoms with Crippen LogP contribution in [0.3, 0.4) is 0 Å². The maximum Gasteiger partial charge on any atom is 0.321 e. The number of anilines is 1. The number of hydrogen-bond acceptors (Lipinski definition) is 5. The third-order valence-electron chi connectivity index (χ3n) is 3.24. The van der Waals surface area contributed by atoms with Crippen LogP contribution in [0, 0.1) is 6.92 Å². The Bertz CT molecular complexity index is 958. The minimum Gasteiger partial charge on any atom is -0.424 e. The van der Waals surface area contributed by atoms with Crippen LogP contribution in [-0.2, 0) is 10.0 Å². The summed E-state index contributed by atoms with van der Waals surface area (Å²) in [7, 11) is -3.63. The van der Waals surface area contributed by atoms with E-state index >= 15 is 0 Å². The maximum atomic E-state index is 12.4. The predicted molar refractivity (Wildman–Crippen MR) is 98.2 cm³/mol. The Hall–Kier alpha value is -2.45.